The van der Waals surface area contributed by atoms with Crippen LogP contribution in [0.5, 0.6) is 0 Å². The van der Waals surface area contributed by atoms with Crippen LogP contribution in [0.15, 0.2) is 28.8 Å². The second-order valence-corrected chi connectivity index (χ2v) is 7.59. The highest BCUT2D eigenvalue weighted by Crippen LogP contribution is 2.33. The van der Waals surface area contributed by atoms with Gasteiger partial charge in [-0.2, -0.15) is 0 Å². The number of benzene rings is 1. The summed E-state index contributed by atoms with van der Waals surface area (Å²) in [5.41, 5.74) is 5.69. The zero-order valence-corrected chi connectivity index (χ0v) is 16.4. The largest absolute Gasteiger partial charge is 0.361 e. The summed E-state index contributed by atoms with van der Waals surface area (Å²) in [5.74, 6) is 0.832. The molecular formula is C22H25N3O2. The molecule has 0 spiro atoms. The van der Waals surface area contributed by atoms with Crippen LogP contribution in [0.25, 0.3) is 10.9 Å². The summed E-state index contributed by atoms with van der Waals surface area (Å²) in [5, 5.41) is 5.12. The van der Waals surface area contributed by atoms with Crippen molar-refractivity contribution < 1.29 is 9.32 Å². The Morgan fingerprint density at radius 3 is 2.70 bits per heavy atom. The molecule has 4 rings (SSSR count). The molecule has 1 amide bonds. The summed E-state index contributed by atoms with van der Waals surface area (Å²) >= 11 is 0. The van der Waals surface area contributed by atoms with Gasteiger partial charge in [0.15, 0.2) is 0 Å². The van der Waals surface area contributed by atoms with E-state index in [0.717, 1.165) is 65.0 Å². The smallest absolute Gasteiger partial charge is 0.255 e. The summed E-state index contributed by atoms with van der Waals surface area (Å²) in [4.78, 5) is 20.3. The Hall–Kier alpha value is -2.69. The molecule has 0 N–H and O–H groups in total. The maximum Gasteiger partial charge on any atom is 0.255 e. The van der Waals surface area contributed by atoms with Crippen LogP contribution in [0.3, 0.4) is 0 Å². The van der Waals surface area contributed by atoms with Crippen molar-refractivity contribution in [1.82, 2.24) is 15.0 Å². The number of piperidine rings is 1. The number of amides is 1. The molecule has 0 saturated carbocycles. The Morgan fingerprint density at radius 2 is 1.96 bits per heavy atom. The van der Waals surface area contributed by atoms with Gasteiger partial charge in [-0.25, -0.2) is 0 Å². The van der Waals surface area contributed by atoms with Crippen LogP contribution in [-0.2, 0) is 0 Å². The standard InChI is InChI=1S/C22H25N3O2/c1-13-8-9-17-18(11-14(2)23-21(17)16(13)4)22(26)25-10-6-5-7-20(25)19-12-15(3)27-24-19/h8-9,11-12,20H,5-7,10H2,1-4H3. The molecule has 2 aromatic heterocycles. The van der Waals surface area contributed by atoms with Gasteiger partial charge in [0, 0.05) is 23.7 Å². The van der Waals surface area contributed by atoms with Crippen LogP contribution in [0.4, 0.5) is 0 Å². The minimum atomic E-state index is -0.0289. The number of fused-ring (bicyclic) bond motifs is 1. The Balaban J connectivity index is 1.80. The quantitative estimate of drug-likeness (QED) is 0.655. The third kappa shape index (κ3) is 3.11. The van der Waals surface area contributed by atoms with Gasteiger partial charge >= 0.3 is 0 Å². The van der Waals surface area contributed by atoms with E-state index in [9.17, 15) is 4.79 Å². The van der Waals surface area contributed by atoms with Gasteiger partial charge in [-0.15, -0.1) is 0 Å². The molecule has 3 heterocycles. The van der Waals surface area contributed by atoms with Crippen LogP contribution in [-0.4, -0.2) is 27.5 Å². The van der Waals surface area contributed by atoms with Crippen molar-refractivity contribution in [3.05, 3.63) is 58.1 Å². The van der Waals surface area contributed by atoms with Gasteiger partial charge in [0.25, 0.3) is 5.91 Å². The third-order valence-electron chi connectivity index (χ3n) is 5.62. The number of carbonyl (C=O) groups is 1. The summed E-state index contributed by atoms with van der Waals surface area (Å²) < 4.78 is 5.27. The molecule has 5 nitrogen and oxygen atoms in total. The molecule has 1 unspecified atom stereocenters. The first-order chi connectivity index (χ1) is 13.0. The topological polar surface area (TPSA) is 59.2 Å². The number of carbonyl (C=O) groups excluding carboxylic acids is 1. The van der Waals surface area contributed by atoms with E-state index >= 15 is 0 Å². The van der Waals surface area contributed by atoms with Gasteiger partial charge in [-0.05, 0) is 64.2 Å². The van der Waals surface area contributed by atoms with Gasteiger partial charge in [-0.3, -0.25) is 9.78 Å². The molecule has 27 heavy (non-hydrogen) atoms. The van der Waals surface area contributed by atoms with E-state index in [-0.39, 0.29) is 11.9 Å². The molecule has 1 fully saturated rings. The molecule has 1 aliphatic rings. The predicted molar refractivity (Wildman–Crippen MR) is 105 cm³/mol. The van der Waals surface area contributed by atoms with Gasteiger partial charge in [0.2, 0.25) is 0 Å². The molecule has 1 aromatic carbocycles. The van der Waals surface area contributed by atoms with E-state index in [2.05, 4.69) is 25.1 Å². The molecule has 0 aliphatic carbocycles. The first-order valence-electron chi connectivity index (χ1n) is 9.57. The Morgan fingerprint density at radius 1 is 1.15 bits per heavy atom. The Kier molecular flexibility index (Phi) is 4.46. The number of aromatic nitrogens is 2. The number of hydrogen-bond donors (Lipinski definition) is 0. The highest BCUT2D eigenvalue weighted by molar-refractivity contribution is 6.07. The van der Waals surface area contributed by atoms with Crippen LogP contribution in [0, 0.1) is 27.7 Å². The van der Waals surface area contributed by atoms with Crippen molar-refractivity contribution in [3.63, 3.8) is 0 Å². The summed E-state index contributed by atoms with van der Waals surface area (Å²) in [6, 6.07) is 7.92. The van der Waals surface area contributed by atoms with Gasteiger partial charge < -0.3 is 9.42 Å². The lowest BCUT2D eigenvalue weighted by Crippen LogP contribution is -2.38. The van der Waals surface area contributed by atoms with Gasteiger partial charge in [-0.1, -0.05) is 17.3 Å². The first kappa shape index (κ1) is 17.7. The molecule has 5 heteroatoms. The van der Waals surface area contributed by atoms with E-state index in [4.69, 9.17) is 9.51 Å². The predicted octanol–water partition coefficient (Wildman–Crippen LogP) is 4.82. The molecule has 140 valence electrons. The Labute approximate surface area is 159 Å². The molecule has 3 aromatic rings. The van der Waals surface area contributed by atoms with E-state index < -0.39 is 0 Å². The van der Waals surface area contributed by atoms with Gasteiger partial charge in [0.1, 0.15) is 11.5 Å². The lowest BCUT2D eigenvalue weighted by atomic mass is 9.96. The number of rotatable bonds is 2. The first-order valence-corrected chi connectivity index (χ1v) is 9.57. The minimum absolute atomic E-state index is 0.0289. The molecule has 1 saturated heterocycles. The van der Waals surface area contributed by atoms with Crippen molar-refractivity contribution in [2.75, 3.05) is 6.54 Å². The molecule has 1 atom stereocenters. The van der Waals surface area contributed by atoms with Gasteiger partial charge in [0.05, 0.1) is 17.1 Å². The van der Waals surface area contributed by atoms with Crippen molar-refractivity contribution in [3.8, 4) is 0 Å². The second kappa shape index (κ2) is 6.80. The van der Waals surface area contributed by atoms with E-state index in [0.29, 0.717) is 0 Å². The monoisotopic (exact) mass is 363 g/mol. The lowest BCUT2D eigenvalue weighted by Gasteiger charge is -2.35. The fraction of sp³-hybridized carbons (Fsp3) is 0.409. The molecule has 0 bridgehead atoms. The zero-order chi connectivity index (χ0) is 19.1. The number of aryl methyl sites for hydroxylation is 4. The molecular weight excluding hydrogens is 338 g/mol. The fourth-order valence-corrected chi connectivity index (χ4v) is 4.01. The van der Waals surface area contributed by atoms with E-state index in [1.807, 2.05) is 36.9 Å². The average Bonchev–Trinajstić information content (AvgIpc) is 3.10. The highest BCUT2D eigenvalue weighted by Gasteiger charge is 2.31. The maximum atomic E-state index is 13.6. The fourth-order valence-electron chi connectivity index (χ4n) is 4.01. The number of pyridine rings is 1. The van der Waals surface area contributed by atoms with Crippen molar-refractivity contribution in [1.29, 1.82) is 0 Å². The molecule has 1 aliphatic heterocycles. The van der Waals surface area contributed by atoms with E-state index in [1.165, 1.54) is 5.56 Å². The lowest BCUT2D eigenvalue weighted by molar-refractivity contribution is 0.0604. The van der Waals surface area contributed by atoms with Crippen LogP contribution >= 0.6 is 0 Å². The van der Waals surface area contributed by atoms with Crippen molar-refractivity contribution in [2.45, 2.75) is 53.0 Å². The average molecular weight is 363 g/mol. The number of nitrogens with zero attached hydrogens (tertiary/aromatic N) is 3. The SMILES string of the molecule is Cc1cc(C(=O)N2CCCCC2c2cc(C)on2)c2ccc(C)c(C)c2n1. The van der Waals surface area contributed by atoms with E-state index in [1.54, 1.807) is 0 Å². The third-order valence-corrected chi connectivity index (χ3v) is 5.62. The minimum Gasteiger partial charge on any atom is -0.361 e. The van der Waals surface area contributed by atoms with Crippen molar-refractivity contribution in [2.24, 2.45) is 0 Å². The van der Waals surface area contributed by atoms with Crippen LogP contribution in [0.1, 0.15) is 63.9 Å². The zero-order valence-electron chi connectivity index (χ0n) is 16.4. The normalized spacial score (nSPS) is 17.5. The Bertz CT molecular complexity index is 1020. The number of likely N-dealkylation sites (tertiary alicyclic amines) is 1. The second-order valence-electron chi connectivity index (χ2n) is 7.59. The van der Waals surface area contributed by atoms with Crippen LogP contribution < -0.4 is 0 Å². The summed E-state index contributed by atoms with van der Waals surface area (Å²) in [7, 11) is 0. The molecule has 0 radical (unpaired) electrons. The van der Waals surface area contributed by atoms with Crippen molar-refractivity contribution >= 4 is 16.8 Å². The number of hydrogen-bond acceptors (Lipinski definition) is 4. The summed E-state index contributed by atoms with van der Waals surface area (Å²) in [6.45, 7) is 8.72. The summed E-state index contributed by atoms with van der Waals surface area (Å²) in [6.07, 6.45) is 3.02. The maximum absolute atomic E-state index is 13.6. The van der Waals surface area contributed by atoms with Crippen LogP contribution in [0.2, 0.25) is 0 Å². The highest BCUT2D eigenvalue weighted by atomic mass is 16.5.